The summed E-state index contributed by atoms with van der Waals surface area (Å²) >= 11 is 5.96. The Morgan fingerprint density at radius 3 is 2.50 bits per heavy atom. The minimum Gasteiger partial charge on any atom is -0.416 e. The number of halogens is 1. The zero-order chi connectivity index (χ0) is 19.3. The number of anilines is 1. The molecular weight excluding hydrogens is 374 g/mol. The van der Waals surface area contributed by atoms with Crippen LogP contribution >= 0.6 is 11.6 Å². The molecule has 3 aromatic rings. The molecule has 0 N–H and O–H groups in total. The molecule has 2 aromatic heterocycles. The average molecular weight is 398 g/mol. The fourth-order valence-electron chi connectivity index (χ4n) is 3.42. The summed E-state index contributed by atoms with van der Waals surface area (Å²) in [4.78, 5) is 9.45. The molecule has 0 aliphatic carbocycles. The van der Waals surface area contributed by atoms with Crippen molar-refractivity contribution in [2.45, 2.75) is 19.8 Å². The fraction of sp³-hybridized carbons (Fsp3) is 0.381. The third kappa shape index (κ3) is 4.18. The summed E-state index contributed by atoms with van der Waals surface area (Å²) in [5.74, 6) is 1.87. The van der Waals surface area contributed by atoms with Crippen molar-refractivity contribution in [3.8, 4) is 22.9 Å². The molecule has 0 bridgehead atoms. The molecule has 3 heterocycles. The zero-order valence-electron chi connectivity index (χ0n) is 16.0. The fourth-order valence-corrected chi connectivity index (χ4v) is 3.55. The second-order valence-corrected chi connectivity index (χ2v) is 7.41. The van der Waals surface area contributed by atoms with Gasteiger partial charge in [0.2, 0.25) is 5.89 Å². The Labute approximate surface area is 170 Å². The highest BCUT2D eigenvalue weighted by Crippen LogP contribution is 2.31. The predicted molar refractivity (Wildman–Crippen MR) is 112 cm³/mol. The van der Waals surface area contributed by atoms with Gasteiger partial charge >= 0.3 is 0 Å². The van der Waals surface area contributed by atoms with E-state index in [1.165, 1.54) is 19.4 Å². The van der Waals surface area contributed by atoms with Crippen molar-refractivity contribution in [3.63, 3.8) is 0 Å². The maximum atomic E-state index is 5.96. The lowest BCUT2D eigenvalue weighted by Gasteiger charge is -2.35. The van der Waals surface area contributed by atoms with Gasteiger partial charge < -0.3 is 9.32 Å². The van der Waals surface area contributed by atoms with Crippen molar-refractivity contribution in [2.24, 2.45) is 0 Å². The standard InChI is InChI=1S/C21H24ClN5O/c1-2-3-11-26-12-14-27(15-13-26)19-18(5-4-10-23-19)21-25-24-20(28-21)16-6-8-17(22)9-7-16/h4-10H,2-3,11-15H2,1H3. The summed E-state index contributed by atoms with van der Waals surface area (Å²) in [5.41, 5.74) is 1.72. The number of piperazine rings is 1. The van der Waals surface area contributed by atoms with Crippen LogP contribution in [0.1, 0.15) is 19.8 Å². The lowest BCUT2D eigenvalue weighted by molar-refractivity contribution is 0.253. The lowest BCUT2D eigenvalue weighted by Crippen LogP contribution is -2.47. The first kappa shape index (κ1) is 18.9. The van der Waals surface area contributed by atoms with Gasteiger partial charge in [0.1, 0.15) is 5.82 Å². The van der Waals surface area contributed by atoms with E-state index in [-0.39, 0.29) is 0 Å². The van der Waals surface area contributed by atoms with Gasteiger partial charge in [0, 0.05) is 43.0 Å². The van der Waals surface area contributed by atoms with Crippen molar-refractivity contribution in [3.05, 3.63) is 47.6 Å². The van der Waals surface area contributed by atoms with Crippen molar-refractivity contribution >= 4 is 17.4 Å². The summed E-state index contributed by atoms with van der Waals surface area (Å²) in [5, 5.41) is 9.16. The second-order valence-electron chi connectivity index (χ2n) is 6.98. The molecule has 0 radical (unpaired) electrons. The molecule has 0 spiro atoms. The van der Waals surface area contributed by atoms with Gasteiger partial charge in [-0.2, -0.15) is 0 Å². The quantitative estimate of drug-likeness (QED) is 0.615. The van der Waals surface area contributed by atoms with Crippen LogP contribution < -0.4 is 4.90 Å². The molecule has 0 saturated carbocycles. The second kappa shape index (κ2) is 8.71. The van der Waals surface area contributed by atoms with E-state index in [1.54, 1.807) is 0 Å². The van der Waals surface area contributed by atoms with E-state index in [1.807, 2.05) is 42.6 Å². The van der Waals surface area contributed by atoms with Gasteiger partial charge in [-0.05, 0) is 49.4 Å². The summed E-state index contributed by atoms with van der Waals surface area (Å²) in [7, 11) is 0. The molecule has 7 heteroatoms. The molecule has 0 amide bonds. The Hall–Kier alpha value is -2.44. The lowest BCUT2D eigenvalue weighted by atomic mass is 10.2. The van der Waals surface area contributed by atoms with Crippen molar-refractivity contribution in [1.82, 2.24) is 20.1 Å². The Morgan fingerprint density at radius 1 is 1.00 bits per heavy atom. The van der Waals surface area contributed by atoms with Crippen molar-refractivity contribution in [2.75, 3.05) is 37.6 Å². The topological polar surface area (TPSA) is 58.3 Å². The van der Waals surface area contributed by atoms with Crippen LogP contribution in [0.25, 0.3) is 22.9 Å². The van der Waals surface area contributed by atoms with E-state index in [4.69, 9.17) is 16.0 Å². The van der Waals surface area contributed by atoms with Crippen LogP contribution in [0.3, 0.4) is 0 Å². The van der Waals surface area contributed by atoms with E-state index in [9.17, 15) is 0 Å². The highest BCUT2D eigenvalue weighted by molar-refractivity contribution is 6.30. The molecule has 146 valence electrons. The first-order chi connectivity index (χ1) is 13.7. The average Bonchev–Trinajstić information content (AvgIpc) is 3.23. The van der Waals surface area contributed by atoms with Gasteiger partial charge in [0.15, 0.2) is 0 Å². The van der Waals surface area contributed by atoms with Gasteiger partial charge in [0.25, 0.3) is 5.89 Å². The Balaban J connectivity index is 1.53. The van der Waals surface area contributed by atoms with Gasteiger partial charge in [0.05, 0.1) is 5.56 Å². The third-order valence-electron chi connectivity index (χ3n) is 5.03. The molecule has 1 aromatic carbocycles. The largest absolute Gasteiger partial charge is 0.416 e. The molecule has 0 unspecified atom stereocenters. The van der Waals surface area contributed by atoms with Crippen molar-refractivity contribution in [1.29, 1.82) is 0 Å². The molecule has 4 rings (SSSR count). The summed E-state index contributed by atoms with van der Waals surface area (Å²) < 4.78 is 5.96. The first-order valence-electron chi connectivity index (χ1n) is 9.76. The number of pyridine rings is 1. The minimum atomic E-state index is 0.478. The number of aromatic nitrogens is 3. The molecule has 1 fully saturated rings. The molecule has 28 heavy (non-hydrogen) atoms. The van der Waals surface area contributed by atoms with Crippen LogP contribution in [0, 0.1) is 0 Å². The zero-order valence-corrected chi connectivity index (χ0v) is 16.8. The molecular formula is C21H24ClN5O. The smallest absolute Gasteiger partial charge is 0.251 e. The molecule has 1 saturated heterocycles. The highest BCUT2D eigenvalue weighted by atomic mass is 35.5. The van der Waals surface area contributed by atoms with E-state index >= 15 is 0 Å². The van der Waals surface area contributed by atoms with Gasteiger partial charge in [-0.3, -0.25) is 4.90 Å². The Kier molecular flexibility index (Phi) is 5.88. The SMILES string of the molecule is CCCCN1CCN(c2ncccc2-c2nnc(-c3ccc(Cl)cc3)o2)CC1. The maximum absolute atomic E-state index is 5.96. The Bertz CT molecular complexity index is 903. The van der Waals surface area contributed by atoms with Gasteiger partial charge in [-0.25, -0.2) is 4.98 Å². The third-order valence-corrected chi connectivity index (χ3v) is 5.28. The van der Waals surface area contributed by atoms with Crippen LogP contribution in [0.15, 0.2) is 47.0 Å². The van der Waals surface area contributed by atoms with Crippen LogP contribution in [0.5, 0.6) is 0 Å². The predicted octanol–water partition coefficient (Wildman–Crippen LogP) is 4.37. The van der Waals surface area contributed by atoms with Crippen molar-refractivity contribution < 1.29 is 4.42 Å². The number of rotatable bonds is 6. The minimum absolute atomic E-state index is 0.478. The molecule has 0 atom stereocenters. The van der Waals surface area contributed by atoms with E-state index in [2.05, 4.69) is 31.9 Å². The molecule has 1 aliphatic rings. The first-order valence-corrected chi connectivity index (χ1v) is 10.1. The number of benzene rings is 1. The van der Waals surface area contributed by atoms with E-state index in [0.29, 0.717) is 16.8 Å². The number of unbranched alkanes of at least 4 members (excludes halogenated alkanes) is 1. The van der Waals surface area contributed by atoms with Crippen LogP contribution in [0.2, 0.25) is 5.02 Å². The normalized spacial score (nSPS) is 15.1. The van der Waals surface area contributed by atoms with Gasteiger partial charge in [-0.1, -0.05) is 24.9 Å². The van der Waals surface area contributed by atoms with Crippen LogP contribution in [0.4, 0.5) is 5.82 Å². The molecule has 6 nitrogen and oxygen atoms in total. The van der Waals surface area contributed by atoms with Crippen LogP contribution in [-0.2, 0) is 0 Å². The number of hydrogen-bond acceptors (Lipinski definition) is 6. The summed E-state index contributed by atoms with van der Waals surface area (Å²) in [6, 6.07) is 11.3. The molecule has 1 aliphatic heterocycles. The Morgan fingerprint density at radius 2 is 1.75 bits per heavy atom. The summed E-state index contributed by atoms with van der Waals surface area (Å²) in [6.45, 7) is 7.41. The number of nitrogens with zero attached hydrogens (tertiary/aromatic N) is 5. The van der Waals surface area contributed by atoms with Gasteiger partial charge in [-0.15, -0.1) is 10.2 Å². The maximum Gasteiger partial charge on any atom is 0.251 e. The monoisotopic (exact) mass is 397 g/mol. The summed E-state index contributed by atoms with van der Waals surface area (Å²) in [6.07, 6.45) is 4.31. The van der Waals surface area contributed by atoms with E-state index < -0.39 is 0 Å². The van der Waals surface area contributed by atoms with Crippen LogP contribution in [-0.4, -0.2) is 52.8 Å². The van der Waals surface area contributed by atoms with E-state index in [0.717, 1.165) is 43.1 Å². The highest BCUT2D eigenvalue weighted by Gasteiger charge is 2.22. The number of hydrogen-bond donors (Lipinski definition) is 0.